The number of methoxy groups -OCH3 is 2. The number of amides is 1. The van der Waals surface area contributed by atoms with Crippen LogP contribution in [0, 0.1) is 5.92 Å². The Morgan fingerprint density at radius 3 is 2.72 bits per heavy atom. The van der Waals surface area contributed by atoms with Crippen LogP contribution in [0.4, 0.5) is 5.82 Å². The number of benzene rings is 1. The highest BCUT2D eigenvalue weighted by molar-refractivity contribution is 5.79. The molecule has 0 spiro atoms. The van der Waals surface area contributed by atoms with Gasteiger partial charge in [-0.1, -0.05) is 0 Å². The van der Waals surface area contributed by atoms with Gasteiger partial charge in [-0.15, -0.1) is 5.10 Å². The summed E-state index contributed by atoms with van der Waals surface area (Å²) in [5.41, 5.74) is 0.463. The Bertz CT molecular complexity index is 866. The summed E-state index contributed by atoms with van der Waals surface area (Å²) < 4.78 is 11.6. The first kappa shape index (κ1) is 20.9. The summed E-state index contributed by atoms with van der Waals surface area (Å²) in [4.78, 5) is 26.9. The lowest BCUT2D eigenvalue weighted by molar-refractivity contribution is -0.125. The predicted octanol–water partition coefficient (Wildman–Crippen LogP) is 1.61. The first-order valence-corrected chi connectivity index (χ1v) is 9.89. The fourth-order valence-corrected chi connectivity index (χ4v) is 3.45. The maximum atomic E-state index is 12.5. The molecule has 0 aliphatic carbocycles. The van der Waals surface area contributed by atoms with Crippen molar-refractivity contribution in [2.24, 2.45) is 5.92 Å². The molecule has 156 valence electrons. The minimum Gasteiger partial charge on any atom is -0.497 e. The fraction of sp³-hybridized carbons (Fsp3) is 0.476. The average molecular weight is 400 g/mol. The van der Waals surface area contributed by atoms with Crippen LogP contribution in [0.3, 0.4) is 0 Å². The molecule has 1 aromatic heterocycles. The van der Waals surface area contributed by atoms with Gasteiger partial charge in [0, 0.05) is 39.4 Å². The van der Waals surface area contributed by atoms with Crippen LogP contribution in [0.25, 0.3) is 5.69 Å². The van der Waals surface area contributed by atoms with Crippen LogP contribution in [-0.4, -0.2) is 56.1 Å². The van der Waals surface area contributed by atoms with Crippen molar-refractivity contribution in [3.05, 3.63) is 46.8 Å². The van der Waals surface area contributed by atoms with E-state index in [2.05, 4.69) is 15.3 Å². The van der Waals surface area contributed by atoms with Crippen molar-refractivity contribution >= 4 is 11.7 Å². The predicted molar refractivity (Wildman–Crippen MR) is 111 cm³/mol. The number of nitrogens with zero attached hydrogens (tertiary/aromatic N) is 3. The van der Waals surface area contributed by atoms with Gasteiger partial charge in [-0.3, -0.25) is 9.59 Å². The number of carbonyl (C=O) groups is 1. The average Bonchev–Trinajstić information content (AvgIpc) is 2.77. The molecule has 0 bridgehead atoms. The van der Waals surface area contributed by atoms with Crippen LogP contribution >= 0.6 is 0 Å². The SMILES string of the molecule is COCCCNC(=O)[C@@H]1CCCN(c2ccc(=O)n(-c3ccc(OC)cc3)n2)C1. The molecule has 0 radical (unpaired) electrons. The molecule has 2 heterocycles. The summed E-state index contributed by atoms with van der Waals surface area (Å²) in [7, 11) is 3.25. The van der Waals surface area contributed by atoms with Crippen molar-refractivity contribution in [2.45, 2.75) is 19.3 Å². The molecule has 1 N–H and O–H groups in total. The molecule has 1 amide bonds. The van der Waals surface area contributed by atoms with Gasteiger partial charge in [-0.05, 0) is 49.6 Å². The summed E-state index contributed by atoms with van der Waals surface area (Å²) in [6.45, 7) is 2.64. The maximum absolute atomic E-state index is 12.5. The van der Waals surface area contributed by atoms with E-state index in [1.54, 1.807) is 44.6 Å². The summed E-state index contributed by atoms with van der Waals surface area (Å²) in [5.74, 6) is 1.38. The summed E-state index contributed by atoms with van der Waals surface area (Å²) in [5, 5.41) is 7.53. The molecule has 1 saturated heterocycles. The number of rotatable bonds is 8. The number of nitrogens with one attached hydrogen (secondary N) is 1. The Kier molecular flexibility index (Phi) is 7.24. The largest absolute Gasteiger partial charge is 0.497 e. The number of hydrogen-bond acceptors (Lipinski definition) is 6. The fourth-order valence-electron chi connectivity index (χ4n) is 3.45. The molecule has 8 nitrogen and oxygen atoms in total. The minimum absolute atomic E-state index is 0.0641. The van der Waals surface area contributed by atoms with Crippen LogP contribution in [0.15, 0.2) is 41.2 Å². The van der Waals surface area contributed by atoms with Crippen molar-refractivity contribution in [1.29, 1.82) is 0 Å². The number of hydrogen-bond donors (Lipinski definition) is 1. The zero-order chi connectivity index (χ0) is 20.6. The van der Waals surface area contributed by atoms with E-state index in [-0.39, 0.29) is 17.4 Å². The molecule has 1 aromatic carbocycles. The Morgan fingerprint density at radius 2 is 2.00 bits per heavy atom. The smallest absolute Gasteiger partial charge is 0.271 e. The second-order valence-corrected chi connectivity index (χ2v) is 7.06. The number of carbonyl (C=O) groups excluding carboxylic acids is 1. The normalized spacial score (nSPS) is 16.5. The Labute approximate surface area is 170 Å². The van der Waals surface area contributed by atoms with Crippen molar-refractivity contribution in [2.75, 3.05) is 45.4 Å². The molecule has 0 saturated carbocycles. The molecule has 3 rings (SSSR count). The van der Waals surface area contributed by atoms with E-state index < -0.39 is 0 Å². The number of anilines is 1. The number of aromatic nitrogens is 2. The molecule has 8 heteroatoms. The highest BCUT2D eigenvalue weighted by Gasteiger charge is 2.26. The van der Waals surface area contributed by atoms with Gasteiger partial charge in [0.05, 0.1) is 18.7 Å². The quantitative estimate of drug-likeness (QED) is 0.678. The zero-order valence-electron chi connectivity index (χ0n) is 17.0. The van der Waals surface area contributed by atoms with Gasteiger partial charge in [0.15, 0.2) is 0 Å². The molecular formula is C21H28N4O4. The Morgan fingerprint density at radius 1 is 1.21 bits per heavy atom. The highest BCUT2D eigenvalue weighted by Crippen LogP contribution is 2.22. The lowest BCUT2D eigenvalue weighted by atomic mass is 9.97. The van der Waals surface area contributed by atoms with Crippen LogP contribution in [0.1, 0.15) is 19.3 Å². The van der Waals surface area contributed by atoms with E-state index in [0.29, 0.717) is 37.0 Å². The maximum Gasteiger partial charge on any atom is 0.271 e. The molecule has 1 fully saturated rings. The van der Waals surface area contributed by atoms with E-state index in [1.165, 1.54) is 10.7 Å². The minimum atomic E-state index is -0.205. The standard InChI is InChI=1S/C21H28N4O4/c1-28-14-4-12-22-21(27)16-5-3-13-24(15-16)19-10-11-20(26)25(23-19)17-6-8-18(29-2)9-7-17/h6-11,16H,3-5,12-15H2,1-2H3,(H,22,27)/t16-/m1/s1. The van der Waals surface area contributed by atoms with E-state index in [9.17, 15) is 9.59 Å². The topological polar surface area (TPSA) is 85.7 Å². The van der Waals surface area contributed by atoms with E-state index >= 15 is 0 Å². The zero-order valence-corrected chi connectivity index (χ0v) is 17.0. The van der Waals surface area contributed by atoms with E-state index in [4.69, 9.17) is 9.47 Å². The first-order chi connectivity index (χ1) is 14.1. The Balaban J connectivity index is 1.71. The number of ether oxygens (including phenoxy) is 2. The van der Waals surface area contributed by atoms with E-state index in [1.807, 2.05) is 0 Å². The highest BCUT2D eigenvalue weighted by atomic mass is 16.5. The van der Waals surface area contributed by atoms with Gasteiger partial charge in [-0.2, -0.15) is 4.68 Å². The molecule has 1 atom stereocenters. The summed E-state index contributed by atoms with van der Waals surface area (Å²) >= 11 is 0. The van der Waals surface area contributed by atoms with E-state index in [0.717, 1.165) is 25.8 Å². The molecule has 1 aliphatic heterocycles. The van der Waals surface area contributed by atoms with Gasteiger partial charge < -0.3 is 19.7 Å². The monoisotopic (exact) mass is 400 g/mol. The van der Waals surface area contributed by atoms with Gasteiger partial charge in [0.2, 0.25) is 5.91 Å². The van der Waals surface area contributed by atoms with Crippen molar-refractivity contribution in [3.8, 4) is 11.4 Å². The summed E-state index contributed by atoms with van der Waals surface area (Å²) in [6.07, 6.45) is 2.55. The third-order valence-electron chi connectivity index (χ3n) is 5.04. The third kappa shape index (κ3) is 5.35. The first-order valence-electron chi connectivity index (χ1n) is 9.89. The molecular weight excluding hydrogens is 372 g/mol. The van der Waals surface area contributed by atoms with Crippen LogP contribution in [0.2, 0.25) is 0 Å². The lowest BCUT2D eigenvalue weighted by Crippen LogP contribution is -2.44. The van der Waals surface area contributed by atoms with Crippen LogP contribution in [-0.2, 0) is 9.53 Å². The van der Waals surface area contributed by atoms with Gasteiger partial charge in [-0.25, -0.2) is 0 Å². The lowest BCUT2D eigenvalue weighted by Gasteiger charge is -2.32. The van der Waals surface area contributed by atoms with Gasteiger partial charge in [0.25, 0.3) is 5.56 Å². The van der Waals surface area contributed by atoms with Gasteiger partial charge >= 0.3 is 0 Å². The molecule has 0 unspecified atom stereocenters. The van der Waals surface area contributed by atoms with Crippen molar-refractivity contribution < 1.29 is 14.3 Å². The summed E-state index contributed by atoms with van der Waals surface area (Å²) in [6, 6.07) is 10.4. The Hall–Kier alpha value is -2.87. The second kappa shape index (κ2) is 10.1. The van der Waals surface area contributed by atoms with Crippen molar-refractivity contribution in [3.63, 3.8) is 0 Å². The second-order valence-electron chi connectivity index (χ2n) is 7.06. The van der Waals surface area contributed by atoms with Crippen LogP contribution < -0.4 is 20.5 Å². The van der Waals surface area contributed by atoms with Crippen molar-refractivity contribution in [1.82, 2.24) is 15.1 Å². The third-order valence-corrected chi connectivity index (χ3v) is 5.04. The van der Waals surface area contributed by atoms with Crippen LogP contribution in [0.5, 0.6) is 5.75 Å². The number of piperidine rings is 1. The van der Waals surface area contributed by atoms with Gasteiger partial charge in [0.1, 0.15) is 11.6 Å². The molecule has 29 heavy (non-hydrogen) atoms. The molecule has 1 aliphatic rings. The molecule has 2 aromatic rings.